The number of aromatic amines is 1. The van der Waals surface area contributed by atoms with Crippen LogP contribution in [-0.4, -0.2) is 67.3 Å². The second-order valence-electron chi connectivity index (χ2n) is 7.34. The third kappa shape index (κ3) is 5.06. The highest BCUT2D eigenvalue weighted by Crippen LogP contribution is 2.32. The number of carbonyl (C=O) groups excluding carboxylic acids is 2. The first-order valence-electron chi connectivity index (χ1n) is 9.04. The molecule has 1 saturated carbocycles. The van der Waals surface area contributed by atoms with Crippen LogP contribution in [-0.2, 0) is 16.1 Å². The van der Waals surface area contributed by atoms with Crippen LogP contribution in [0.25, 0.3) is 0 Å². The van der Waals surface area contributed by atoms with Gasteiger partial charge >= 0.3 is 5.69 Å². The molecule has 1 heterocycles. The predicted molar refractivity (Wildman–Crippen MR) is 99.1 cm³/mol. The molecule has 1 fully saturated rings. The van der Waals surface area contributed by atoms with Gasteiger partial charge in [-0.1, -0.05) is 0 Å². The lowest BCUT2D eigenvalue weighted by Gasteiger charge is -2.43. The zero-order valence-corrected chi connectivity index (χ0v) is 15.7. The van der Waals surface area contributed by atoms with Crippen LogP contribution in [0.15, 0.2) is 21.9 Å². The molecule has 0 unspecified atom stereocenters. The summed E-state index contributed by atoms with van der Waals surface area (Å²) in [6.45, 7) is -0.179. The van der Waals surface area contributed by atoms with E-state index in [9.17, 15) is 29.4 Å². The van der Waals surface area contributed by atoms with Gasteiger partial charge in [0.25, 0.3) is 5.56 Å². The second kappa shape index (κ2) is 8.67. The van der Waals surface area contributed by atoms with Crippen LogP contribution in [0.3, 0.4) is 0 Å². The molecular formula is C17H27N5O6. The first-order chi connectivity index (χ1) is 13.0. The van der Waals surface area contributed by atoms with Crippen molar-refractivity contribution < 1.29 is 19.8 Å². The zero-order chi connectivity index (χ0) is 21.1. The Bertz CT molecular complexity index is 836. The van der Waals surface area contributed by atoms with Gasteiger partial charge < -0.3 is 26.6 Å². The number of nitrogens with two attached hydrogens (primary N) is 2. The summed E-state index contributed by atoms with van der Waals surface area (Å²) in [5.41, 5.74) is 7.83. The van der Waals surface area contributed by atoms with E-state index < -0.39 is 34.9 Å². The van der Waals surface area contributed by atoms with Crippen LogP contribution in [0.4, 0.5) is 0 Å². The number of aliphatic hydroxyl groups is 2. The normalized spacial score (nSPS) is 25.9. The average molecular weight is 397 g/mol. The summed E-state index contributed by atoms with van der Waals surface area (Å²) in [5, 5.41) is 21.3. The molecule has 0 radical (unpaired) electrons. The number of hydrogen-bond donors (Lipinski definition) is 5. The molecule has 1 aliphatic rings. The van der Waals surface area contributed by atoms with E-state index in [-0.39, 0.29) is 44.2 Å². The number of rotatable bonds is 7. The Kier molecular flexibility index (Phi) is 6.75. The molecule has 1 aliphatic carbocycles. The largest absolute Gasteiger partial charge is 0.390 e. The van der Waals surface area contributed by atoms with E-state index in [0.29, 0.717) is 6.42 Å². The number of carbonyl (C=O) groups is 2. The van der Waals surface area contributed by atoms with Crippen molar-refractivity contribution in [3.05, 3.63) is 33.1 Å². The molecule has 4 atom stereocenters. The summed E-state index contributed by atoms with van der Waals surface area (Å²) in [7, 11) is 1.59. The molecule has 156 valence electrons. The van der Waals surface area contributed by atoms with E-state index in [0.717, 1.165) is 10.6 Å². The van der Waals surface area contributed by atoms with Crippen molar-refractivity contribution in [1.82, 2.24) is 14.5 Å². The lowest BCUT2D eigenvalue weighted by Crippen LogP contribution is -2.55. The van der Waals surface area contributed by atoms with Gasteiger partial charge in [0, 0.05) is 31.8 Å². The Labute approximate surface area is 160 Å². The van der Waals surface area contributed by atoms with Gasteiger partial charge in [0.1, 0.15) is 5.60 Å². The summed E-state index contributed by atoms with van der Waals surface area (Å²) < 4.78 is 1.13. The van der Waals surface area contributed by atoms with E-state index in [1.165, 1.54) is 11.1 Å². The predicted octanol–water partition coefficient (Wildman–Crippen LogP) is -2.77. The molecule has 0 spiro atoms. The first-order valence-corrected chi connectivity index (χ1v) is 9.04. The van der Waals surface area contributed by atoms with E-state index in [1.54, 1.807) is 7.05 Å². The average Bonchev–Trinajstić information content (AvgIpc) is 2.63. The molecule has 0 saturated heterocycles. The SMILES string of the molecule is CN(C(=O)CC[C@H](N)C(N)=O)[C@@H]1CC[C@](O)(Cn2ccc(=O)[nH]c2=O)[C@@H](O)C1. The Hall–Kier alpha value is -2.50. The zero-order valence-electron chi connectivity index (χ0n) is 15.7. The van der Waals surface area contributed by atoms with Gasteiger partial charge in [-0.25, -0.2) is 4.79 Å². The molecule has 1 aromatic heterocycles. The molecular weight excluding hydrogens is 370 g/mol. The lowest BCUT2D eigenvalue weighted by molar-refractivity contribution is -0.144. The Morgan fingerprint density at radius 3 is 2.71 bits per heavy atom. The monoisotopic (exact) mass is 397 g/mol. The highest BCUT2D eigenvalue weighted by atomic mass is 16.3. The van der Waals surface area contributed by atoms with Crippen molar-refractivity contribution in [1.29, 1.82) is 0 Å². The van der Waals surface area contributed by atoms with Crippen LogP contribution in [0, 0.1) is 0 Å². The number of aliphatic hydroxyl groups excluding tert-OH is 1. The first kappa shape index (κ1) is 21.8. The van der Waals surface area contributed by atoms with Crippen molar-refractivity contribution >= 4 is 11.8 Å². The maximum absolute atomic E-state index is 12.3. The van der Waals surface area contributed by atoms with E-state index in [2.05, 4.69) is 4.98 Å². The number of aromatic nitrogens is 2. The topological polar surface area (TPSA) is 185 Å². The number of nitrogens with one attached hydrogen (secondary N) is 1. The molecule has 0 aromatic carbocycles. The van der Waals surface area contributed by atoms with Gasteiger partial charge in [-0.3, -0.25) is 23.9 Å². The van der Waals surface area contributed by atoms with Crippen molar-refractivity contribution in [2.75, 3.05) is 7.05 Å². The van der Waals surface area contributed by atoms with Crippen molar-refractivity contribution in [3.8, 4) is 0 Å². The van der Waals surface area contributed by atoms with Crippen molar-refractivity contribution in [3.63, 3.8) is 0 Å². The smallest absolute Gasteiger partial charge is 0.328 e. The standard InChI is InChI=1S/C17H27N5O6/c1-21(14(25)3-2-11(18)15(19)26)10-4-6-17(28,12(23)8-10)9-22-7-5-13(24)20-16(22)27/h5,7,10-12,23,28H,2-4,6,8-9,18H2,1H3,(H2,19,26)(H,20,24,27)/t10-,11+,12+,17+/m1/s1. The maximum Gasteiger partial charge on any atom is 0.328 e. The van der Waals surface area contributed by atoms with E-state index >= 15 is 0 Å². The molecule has 0 aliphatic heterocycles. The molecule has 11 nitrogen and oxygen atoms in total. The van der Waals surface area contributed by atoms with E-state index in [4.69, 9.17) is 11.5 Å². The van der Waals surface area contributed by atoms with Crippen LogP contribution in [0.1, 0.15) is 32.1 Å². The van der Waals surface area contributed by atoms with E-state index in [1.807, 2.05) is 0 Å². The lowest BCUT2D eigenvalue weighted by atomic mass is 9.79. The van der Waals surface area contributed by atoms with Crippen molar-refractivity contribution in [2.45, 2.75) is 62.4 Å². The minimum atomic E-state index is -1.56. The van der Waals surface area contributed by atoms with Gasteiger partial charge in [-0.05, 0) is 25.7 Å². The minimum absolute atomic E-state index is 0.0459. The van der Waals surface area contributed by atoms with Crippen LogP contribution >= 0.6 is 0 Å². The summed E-state index contributed by atoms with van der Waals surface area (Å²) >= 11 is 0. The summed E-state index contributed by atoms with van der Waals surface area (Å²) in [6.07, 6.45) is 0.956. The summed E-state index contributed by atoms with van der Waals surface area (Å²) in [6, 6.07) is -0.0404. The third-order valence-corrected chi connectivity index (χ3v) is 5.34. The number of nitrogens with zero attached hydrogens (tertiary/aromatic N) is 2. The van der Waals surface area contributed by atoms with Gasteiger partial charge in [-0.2, -0.15) is 0 Å². The number of H-pyrrole nitrogens is 1. The van der Waals surface area contributed by atoms with Gasteiger partial charge in [0.05, 0.1) is 18.7 Å². The highest BCUT2D eigenvalue weighted by molar-refractivity contribution is 5.81. The maximum atomic E-state index is 12.3. The third-order valence-electron chi connectivity index (χ3n) is 5.34. The highest BCUT2D eigenvalue weighted by Gasteiger charge is 2.43. The number of amides is 2. The fourth-order valence-corrected chi connectivity index (χ4v) is 3.38. The van der Waals surface area contributed by atoms with Crippen molar-refractivity contribution in [2.24, 2.45) is 11.5 Å². The second-order valence-corrected chi connectivity index (χ2v) is 7.34. The van der Waals surface area contributed by atoms with Crippen LogP contribution in [0.5, 0.6) is 0 Å². The molecule has 2 amide bonds. The molecule has 7 N–H and O–H groups in total. The quantitative estimate of drug-likeness (QED) is 0.329. The number of primary amides is 1. The van der Waals surface area contributed by atoms with Crippen LogP contribution < -0.4 is 22.7 Å². The Balaban J connectivity index is 1.97. The van der Waals surface area contributed by atoms with Crippen LogP contribution in [0.2, 0.25) is 0 Å². The summed E-state index contributed by atoms with van der Waals surface area (Å²) in [4.78, 5) is 49.8. The fourth-order valence-electron chi connectivity index (χ4n) is 3.38. The molecule has 2 rings (SSSR count). The molecule has 1 aromatic rings. The summed E-state index contributed by atoms with van der Waals surface area (Å²) in [5.74, 6) is -0.915. The molecule has 0 bridgehead atoms. The fraction of sp³-hybridized carbons (Fsp3) is 0.647. The molecule has 11 heteroatoms. The van der Waals surface area contributed by atoms with Gasteiger partial charge in [0.2, 0.25) is 11.8 Å². The Morgan fingerprint density at radius 2 is 2.14 bits per heavy atom. The Morgan fingerprint density at radius 1 is 1.46 bits per heavy atom. The van der Waals surface area contributed by atoms with Gasteiger partial charge in [0.15, 0.2) is 0 Å². The molecule has 28 heavy (non-hydrogen) atoms. The van der Waals surface area contributed by atoms with Gasteiger partial charge in [-0.15, -0.1) is 0 Å². The minimum Gasteiger partial charge on any atom is -0.390 e. The number of hydrogen-bond acceptors (Lipinski definition) is 7.